The van der Waals surface area contributed by atoms with Crippen LogP contribution in [0.5, 0.6) is 0 Å². The average molecular weight is 661 g/mol. The molecule has 46 heavy (non-hydrogen) atoms. The molecule has 0 unspecified atom stereocenters. The monoisotopic (exact) mass is 660 g/mol. The second-order valence-corrected chi connectivity index (χ2v) is 12.5. The number of amides is 2. The van der Waals surface area contributed by atoms with Crippen molar-refractivity contribution in [1.82, 2.24) is 40.4 Å². The molecule has 2 amide bonds. The molecular weight excluding hydrogens is 629 g/mol. The number of rotatable bonds is 11. The summed E-state index contributed by atoms with van der Waals surface area (Å²) >= 11 is 0. The fraction of sp³-hybridized carbons (Fsp3) is 0.643. The second kappa shape index (κ2) is 12.1. The summed E-state index contributed by atoms with van der Waals surface area (Å²) in [6.45, 7) is -1.11. The number of nitrogens with zero attached hydrogens (tertiary/aromatic N) is 6. The lowest BCUT2D eigenvalue weighted by atomic mass is 9.81. The molecule has 2 aliphatic carbocycles. The Balaban J connectivity index is 1.22. The molecule has 1 saturated heterocycles. The van der Waals surface area contributed by atoms with Crippen LogP contribution in [0, 0.1) is 11.8 Å². The molecule has 0 spiro atoms. The first-order valence-electron chi connectivity index (χ1n) is 15.0. The van der Waals surface area contributed by atoms with E-state index in [0.717, 1.165) is 12.8 Å². The van der Waals surface area contributed by atoms with Crippen molar-refractivity contribution in [2.45, 2.75) is 88.0 Å². The van der Waals surface area contributed by atoms with Gasteiger partial charge >= 0.3 is 6.18 Å². The van der Waals surface area contributed by atoms with Crippen LogP contribution in [0.1, 0.15) is 90.9 Å². The maximum atomic E-state index is 14.1. The highest BCUT2D eigenvalue weighted by Gasteiger charge is 2.45. The number of aromatic nitrogens is 5. The van der Waals surface area contributed by atoms with Gasteiger partial charge in [-0.15, -0.1) is 0 Å². The van der Waals surface area contributed by atoms with Crippen LogP contribution in [0.3, 0.4) is 0 Å². The molecule has 3 fully saturated rings. The molecule has 18 heteroatoms. The van der Waals surface area contributed by atoms with E-state index in [0.29, 0.717) is 16.9 Å². The van der Waals surface area contributed by atoms with Gasteiger partial charge < -0.3 is 10.6 Å². The minimum atomic E-state index is -4.46. The van der Waals surface area contributed by atoms with Crippen LogP contribution in [0.4, 0.5) is 30.7 Å². The smallest absolute Gasteiger partial charge is 0.349 e. The van der Waals surface area contributed by atoms with E-state index >= 15 is 0 Å². The number of carbonyl (C=O) groups is 2. The summed E-state index contributed by atoms with van der Waals surface area (Å²) in [5, 5.41) is 17.2. The van der Waals surface area contributed by atoms with Crippen LogP contribution in [-0.4, -0.2) is 72.7 Å². The third-order valence-corrected chi connectivity index (χ3v) is 8.66. The van der Waals surface area contributed by atoms with Crippen molar-refractivity contribution in [3.8, 4) is 0 Å². The molecule has 3 aromatic heterocycles. The van der Waals surface area contributed by atoms with Gasteiger partial charge in [-0.05, 0) is 54.3 Å². The molecule has 2 atom stereocenters. The Morgan fingerprint density at radius 1 is 0.978 bits per heavy atom. The lowest BCUT2D eigenvalue weighted by Crippen LogP contribution is -2.55. The predicted octanol–water partition coefficient (Wildman–Crippen LogP) is 4.77. The molecule has 3 aliphatic rings. The number of imidazole rings is 1. The van der Waals surface area contributed by atoms with Crippen LogP contribution < -0.4 is 10.6 Å². The first-order chi connectivity index (χ1) is 21.6. The van der Waals surface area contributed by atoms with Crippen molar-refractivity contribution in [3.05, 3.63) is 41.1 Å². The zero-order valence-electron chi connectivity index (χ0n) is 24.4. The van der Waals surface area contributed by atoms with Gasteiger partial charge in [0.2, 0.25) is 11.8 Å². The van der Waals surface area contributed by atoms with Crippen molar-refractivity contribution in [1.29, 1.82) is 0 Å². The number of fused-ring (bicyclic) bond motifs is 1. The second-order valence-electron chi connectivity index (χ2n) is 12.5. The van der Waals surface area contributed by atoms with Gasteiger partial charge in [-0.1, -0.05) is 5.16 Å². The first kappa shape index (κ1) is 32.1. The van der Waals surface area contributed by atoms with Gasteiger partial charge in [0, 0.05) is 25.8 Å². The number of halogens is 7. The van der Waals surface area contributed by atoms with Crippen molar-refractivity contribution >= 4 is 17.5 Å². The van der Waals surface area contributed by atoms with E-state index in [2.05, 4.69) is 31.0 Å². The van der Waals surface area contributed by atoms with E-state index in [4.69, 9.17) is 4.63 Å². The van der Waals surface area contributed by atoms with Crippen LogP contribution >= 0.6 is 0 Å². The molecule has 250 valence electrons. The van der Waals surface area contributed by atoms with Crippen LogP contribution in [-0.2, 0) is 11.3 Å². The van der Waals surface area contributed by atoms with E-state index in [1.54, 1.807) is 6.07 Å². The fourth-order valence-corrected chi connectivity index (χ4v) is 6.09. The SMILES string of the molecule is O=C(CCC(F)(F)F)N[C@@H](c1cnn2cc([C@@H](NC(=O)c3nonc3CN3CC(F)(F)C3)C3CCC(F)(F)CC3)nc2c1)C1CC1. The zero-order chi connectivity index (χ0) is 32.9. The summed E-state index contributed by atoms with van der Waals surface area (Å²) < 4.78 is 98.8. The van der Waals surface area contributed by atoms with Gasteiger partial charge in [0.15, 0.2) is 11.3 Å². The van der Waals surface area contributed by atoms with Gasteiger partial charge in [-0.2, -0.15) is 18.3 Å². The van der Waals surface area contributed by atoms with Gasteiger partial charge in [0.05, 0.1) is 49.7 Å². The van der Waals surface area contributed by atoms with Crippen LogP contribution in [0.25, 0.3) is 5.65 Å². The Morgan fingerprint density at radius 2 is 1.67 bits per heavy atom. The van der Waals surface area contributed by atoms with Crippen LogP contribution in [0.15, 0.2) is 23.1 Å². The Hall–Kier alpha value is -3.83. The highest BCUT2D eigenvalue weighted by molar-refractivity contribution is 5.93. The van der Waals surface area contributed by atoms with E-state index in [1.165, 1.54) is 21.8 Å². The number of hydrogen-bond donors (Lipinski definition) is 2. The highest BCUT2D eigenvalue weighted by Crippen LogP contribution is 2.43. The third-order valence-electron chi connectivity index (χ3n) is 8.66. The molecule has 0 radical (unpaired) electrons. The summed E-state index contributed by atoms with van der Waals surface area (Å²) in [5.41, 5.74) is 0.988. The molecular formula is C28H31F7N8O3. The minimum absolute atomic E-state index is 0.0252. The standard InChI is InChI=1S/C28H31F7N8O3/c29-26(30)6-3-16(4-7-26)23(39-25(45)24-19(40-46-41-24)11-42-13-27(31,32)14-42)18-12-43-20(37-18)9-17(10-36-43)22(15-1-2-15)38-21(44)5-8-28(33,34)35/h9-10,12,15-16,22-23H,1-8,11,13-14H2,(H,38,44)(H,39,45)/t22-,23+/m1/s1. The van der Waals surface area contributed by atoms with Crippen LogP contribution in [0.2, 0.25) is 0 Å². The summed E-state index contributed by atoms with van der Waals surface area (Å²) in [4.78, 5) is 31.7. The van der Waals surface area contributed by atoms with Crippen molar-refractivity contribution in [2.24, 2.45) is 11.8 Å². The number of hydrogen-bond acceptors (Lipinski definition) is 8. The molecule has 4 heterocycles. The lowest BCUT2D eigenvalue weighted by Gasteiger charge is -2.38. The predicted molar refractivity (Wildman–Crippen MR) is 144 cm³/mol. The number of nitrogens with one attached hydrogen (secondary N) is 2. The first-order valence-corrected chi connectivity index (χ1v) is 15.0. The normalized spacial score (nSPS) is 21.5. The molecule has 0 aromatic carbocycles. The number of likely N-dealkylation sites (tertiary alicyclic amines) is 1. The van der Waals surface area contributed by atoms with Gasteiger partial charge in [0.1, 0.15) is 5.69 Å². The van der Waals surface area contributed by atoms with Gasteiger partial charge in [0.25, 0.3) is 11.8 Å². The number of alkyl halides is 7. The molecule has 0 bridgehead atoms. The Bertz CT molecular complexity index is 1570. The third kappa shape index (κ3) is 7.58. The highest BCUT2D eigenvalue weighted by atomic mass is 19.4. The van der Waals surface area contributed by atoms with Crippen molar-refractivity contribution in [3.63, 3.8) is 0 Å². The van der Waals surface area contributed by atoms with E-state index in [1.807, 2.05) is 0 Å². The van der Waals surface area contributed by atoms with Crippen molar-refractivity contribution in [2.75, 3.05) is 13.1 Å². The lowest BCUT2D eigenvalue weighted by molar-refractivity contribution is -0.144. The summed E-state index contributed by atoms with van der Waals surface area (Å²) in [6.07, 6.45) is -2.48. The van der Waals surface area contributed by atoms with E-state index < -0.39 is 86.6 Å². The Morgan fingerprint density at radius 3 is 2.33 bits per heavy atom. The van der Waals surface area contributed by atoms with Gasteiger partial charge in [-0.25, -0.2) is 31.7 Å². The molecule has 11 nitrogen and oxygen atoms in total. The largest absolute Gasteiger partial charge is 0.389 e. The minimum Gasteiger partial charge on any atom is -0.349 e. The van der Waals surface area contributed by atoms with Crippen molar-refractivity contribution < 1.29 is 45.0 Å². The maximum Gasteiger partial charge on any atom is 0.389 e. The zero-order valence-corrected chi connectivity index (χ0v) is 24.4. The molecule has 6 rings (SSSR count). The molecule has 2 N–H and O–H groups in total. The quantitative estimate of drug-likeness (QED) is 0.282. The van der Waals surface area contributed by atoms with Gasteiger partial charge in [-0.3, -0.25) is 14.5 Å². The Labute approximate surface area is 257 Å². The van der Waals surface area contributed by atoms with E-state index in [-0.39, 0.29) is 36.7 Å². The summed E-state index contributed by atoms with van der Waals surface area (Å²) in [7, 11) is 0. The Kier molecular flexibility index (Phi) is 8.43. The summed E-state index contributed by atoms with van der Waals surface area (Å²) in [5.74, 6) is -7.57. The fourth-order valence-electron chi connectivity index (χ4n) is 6.09. The topological polar surface area (TPSA) is 131 Å². The molecule has 3 aromatic rings. The number of carbonyl (C=O) groups excluding carboxylic acids is 2. The molecule has 2 saturated carbocycles. The summed E-state index contributed by atoms with van der Waals surface area (Å²) in [6, 6.07) is 0.201. The maximum absolute atomic E-state index is 14.1. The average Bonchev–Trinajstić information content (AvgIpc) is 3.54. The van der Waals surface area contributed by atoms with E-state index in [9.17, 15) is 40.3 Å². The molecule has 1 aliphatic heterocycles.